The summed E-state index contributed by atoms with van der Waals surface area (Å²) in [5.74, 6) is 0.574. The molecule has 1 atom stereocenters. The number of aryl methyl sites for hydroxylation is 2. The average Bonchev–Trinajstić information content (AvgIpc) is 3.12. The number of aromatic nitrogens is 1. The number of ketones is 1. The Balaban J connectivity index is 1.93. The second-order valence-electron chi connectivity index (χ2n) is 7.42. The van der Waals surface area contributed by atoms with Gasteiger partial charge in [0.2, 0.25) is 11.3 Å². The molecule has 0 saturated heterocycles. The van der Waals surface area contributed by atoms with E-state index in [2.05, 4.69) is 10.2 Å². The molecule has 1 aromatic heterocycles. The van der Waals surface area contributed by atoms with Gasteiger partial charge in [0.15, 0.2) is 17.4 Å². The van der Waals surface area contributed by atoms with Crippen molar-refractivity contribution in [3.63, 3.8) is 0 Å². The summed E-state index contributed by atoms with van der Waals surface area (Å²) in [5, 5.41) is 2.81. The van der Waals surface area contributed by atoms with E-state index in [9.17, 15) is 14.1 Å². The van der Waals surface area contributed by atoms with Gasteiger partial charge in [-0.1, -0.05) is 24.2 Å². The van der Waals surface area contributed by atoms with E-state index in [-0.39, 0.29) is 42.2 Å². The molecule has 0 amide bonds. The Bertz CT molecular complexity index is 1090. The van der Waals surface area contributed by atoms with Crippen LogP contribution in [-0.2, 0) is 0 Å². The van der Waals surface area contributed by atoms with Gasteiger partial charge in [-0.05, 0) is 49.4 Å². The Morgan fingerprint density at radius 3 is 2.48 bits per heavy atom. The van der Waals surface area contributed by atoms with Gasteiger partial charge in [0.05, 0.1) is 12.2 Å². The molecule has 3 aromatic rings. The molecule has 3 rings (SSSR count). The van der Waals surface area contributed by atoms with Crippen molar-refractivity contribution in [2.24, 2.45) is 5.18 Å². The number of Topliss-reactive ketones (excluding diaryl/α,β-unsaturated/α-hetero) is 1. The Kier molecular flexibility index (Phi) is 6.99. The van der Waals surface area contributed by atoms with Crippen LogP contribution in [0.1, 0.15) is 53.6 Å². The molecular weight excluding hydrogens is 403 g/mol. The van der Waals surface area contributed by atoms with Crippen molar-refractivity contribution in [2.45, 2.75) is 40.0 Å². The summed E-state index contributed by atoms with van der Waals surface area (Å²) in [5.41, 5.74) is 2.88. The second kappa shape index (κ2) is 9.68. The van der Waals surface area contributed by atoms with Crippen molar-refractivity contribution in [3.8, 4) is 11.5 Å². The smallest absolute Gasteiger partial charge is 0.207 e. The van der Waals surface area contributed by atoms with Crippen LogP contribution in [0.15, 0.2) is 33.9 Å². The molecule has 0 bridgehead atoms. The minimum absolute atomic E-state index is 0.00415. The zero-order valence-electron chi connectivity index (χ0n) is 18.0. The van der Waals surface area contributed by atoms with Gasteiger partial charge in [-0.2, -0.15) is 4.91 Å². The van der Waals surface area contributed by atoms with Crippen molar-refractivity contribution in [1.29, 1.82) is 0 Å². The number of rotatable bonds is 10. The van der Waals surface area contributed by atoms with Crippen LogP contribution >= 0.6 is 0 Å². The summed E-state index contributed by atoms with van der Waals surface area (Å²) >= 11 is 0. The van der Waals surface area contributed by atoms with Crippen LogP contribution in [0.4, 0.5) is 4.39 Å². The largest absolute Gasteiger partial charge is 0.487 e. The van der Waals surface area contributed by atoms with Gasteiger partial charge in [-0.25, -0.2) is 9.37 Å². The summed E-state index contributed by atoms with van der Waals surface area (Å²) in [7, 11) is 0. The summed E-state index contributed by atoms with van der Waals surface area (Å²) in [6.45, 7) is 7.18. The Labute approximate surface area is 179 Å². The molecular formula is C23H25FN2O5. The molecule has 7 nitrogen and oxygen atoms in total. The standard InChI is InChI=1S/C23H25FN2O5/c1-13(17-5-7-18(24)8-6-17)9-11-29-23-21(30-12-10-25-28)19(15(3)27)14(2)20-22(23)31-16(4)26-20/h5-8,13H,9-12H2,1-4H3. The number of carbonyl (C=O) groups is 1. The van der Waals surface area contributed by atoms with E-state index < -0.39 is 0 Å². The molecule has 0 aliphatic carbocycles. The Morgan fingerprint density at radius 1 is 1.16 bits per heavy atom. The van der Waals surface area contributed by atoms with Crippen LogP contribution < -0.4 is 9.47 Å². The lowest BCUT2D eigenvalue weighted by molar-refractivity contribution is 0.101. The van der Waals surface area contributed by atoms with Crippen molar-refractivity contribution < 1.29 is 23.1 Å². The molecule has 0 saturated carbocycles. The lowest BCUT2D eigenvalue weighted by atomic mass is 9.98. The summed E-state index contributed by atoms with van der Waals surface area (Å²) in [4.78, 5) is 27.3. The number of ether oxygens (including phenoxy) is 2. The van der Waals surface area contributed by atoms with Gasteiger partial charge in [0.25, 0.3) is 0 Å². The third-order valence-corrected chi connectivity index (χ3v) is 5.12. The average molecular weight is 428 g/mol. The molecule has 0 fully saturated rings. The first kappa shape index (κ1) is 22.4. The summed E-state index contributed by atoms with van der Waals surface area (Å²) in [6.07, 6.45) is 0.638. The Morgan fingerprint density at radius 2 is 1.84 bits per heavy atom. The quantitative estimate of drug-likeness (QED) is 0.240. The number of nitrogens with zero attached hydrogens (tertiary/aromatic N) is 2. The van der Waals surface area contributed by atoms with Crippen LogP contribution in [0.3, 0.4) is 0 Å². The third kappa shape index (κ3) is 4.90. The molecule has 0 N–H and O–H groups in total. The number of nitroso groups, excluding NO2 is 1. The van der Waals surface area contributed by atoms with Gasteiger partial charge in [-0.3, -0.25) is 4.79 Å². The normalized spacial score (nSPS) is 12.0. The van der Waals surface area contributed by atoms with E-state index in [1.54, 1.807) is 26.0 Å². The molecule has 8 heteroatoms. The number of hydrogen-bond acceptors (Lipinski definition) is 7. The van der Waals surface area contributed by atoms with Crippen molar-refractivity contribution in [1.82, 2.24) is 4.98 Å². The van der Waals surface area contributed by atoms with Crippen LogP contribution in [0, 0.1) is 24.6 Å². The molecule has 0 aliphatic rings. The van der Waals surface area contributed by atoms with Crippen molar-refractivity contribution in [3.05, 3.63) is 57.6 Å². The highest BCUT2D eigenvalue weighted by Gasteiger charge is 2.26. The predicted molar refractivity (Wildman–Crippen MR) is 115 cm³/mol. The first-order chi connectivity index (χ1) is 14.8. The van der Waals surface area contributed by atoms with E-state index >= 15 is 0 Å². The maximum atomic E-state index is 13.2. The molecule has 31 heavy (non-hydrogen) atoms. The van der Waals surface area contributed by atoms with Gasteiger partial charge >= 0.3 is 0 Å². The predicted octanol–water partition coefficient (Wildman–Crippen LogP) is 5.50. The van der Waals surface area contributed by atoms with E-state index in [1.165, 1.54) is 19.1 Å². The minimum atomic E-state index is -0.279. The van der Waals surface area contributed by atoms with E-state index in [1.807, 2.05) is 6.92 Å². The second-order valence-corrected chi connectivity index (χ2v) is 7.42. The van der Waals surface area contributed by atoms with Crippen LogP contribution in [0.5, 0.6) is 11.5 Å². The lowest BCUT2D eigenvalue weighted by Crippen LogP contribution is -2.11. The van der Waals surface area contributed by atoms with Gasteiger partial charge in [-0.15, -0.1) is 0 Å². The summed E-state index contributed by atoms with van der Waals surface area (Å²) in [6, 6.07) is 6.36. The highest BCUT2D eigenvalue weighted by atomic mass is 19.1. The number of fused-ring (bicyclic) bond motifs is 1. The van der Waals surface area contributed by atoms with Crippen molar-refractivity contribution >= 4 is 16.9 Å². The fourth-order valence-corrected chi connectivity index (χ4v) is 3.51. The van der Waals surface area contributed by atoms with E-state index in [0.717, 1.165) is 5.56 Å². The maximum absolute atomic E-state index is 13.2. The zero-order valence-corrected chi connectivity index (χ0v) is 18.0. The number of benzene rings is 2. The monoisotopic (exact) mass is 428 g/mol. The van der Waals surface area contributed by atoms with E-state index in [0.29, 0.717) is 41.1 Å². The number of halogens is 1. The molecule has 164 valence electrons. The van der Waals surface area contributed by atoms with Crippen molar-refractivity contribution in [2.75, 3.05) is 19.8 Å². The van der Waals surface area contributed by atoms with Crippen LogP contribution in [0.25, 0.3) is 11.1 Å². The maximum Gasteiger partial charge on any atom is 0.207 e. The first-order valence-electron chi connectivity index (χ1n) is 10.1. The molecule has 0 radical (unpaired) electrons. The Hall–Kier alpha value is -3.29. The third-order valence-electron chi connectivity index (χ3n) is 5.12. The molecule has 2 aromatic carbocycles. The van der Waals surface area contributed by atoms with Gasteiger partial charge < -0.3 is 13.9 Å². The fraction of sp³-hybridized carbons (Fsp3) is 0.391. The molecule has 0 spiro atoms. The number of carbonyl (C=O) groups excluding carboxylic acids is 1. The first-order valence-corrected chi connectivity index (χ1v) is 10.1. The van der Waals surface area contributed by atoms with Crippen LogP contribution in [0.2, 0.25) is 0 Å². The highest BCUT2D eigenvalue weighted by molar-refractivity contribution is 6.05. The number of oxazole rings is 1. The SMILES string of the molecule is CC(=O)c1c(OCCN=O)c(OCCC(C)c2ccc(F)cc2)c2oc(C)nc2c1C. The fourth-order valence-electron chi connectivity index (χ4n) is 3.51. The minimum Gasteiger partial charge on any atom is -0.487 e. The lowest BCUT2D eigenvalue weighted by Gasteiger charge is -2.18. The molecule has 1 heterocycles. The number of hydrogen-bond donors (Lipinski definition) is 0. The van der Waals surface area contributed by atoms with E-state index in [4.69, 9.17) is 13.9 Å². The molecule has 1 unspecified atom stereocenters. The topological polar surface area (TPSA) is 91.0 Å². The van der Waals surface area contributed by atoms with Gasteiger partial charge in [0.1, 0.15) is 24.5 Å². The van der Waals surface area contributed by atoms with Gasteiger partial charge in [0, 0.05) is 6.92 Å². The van der Waals surface area contributed by atoms with Crippen LogP contribution in [-0.4, -0.2) is 30.5 Å². The highest BCUT2D eigenvalue weighted by Crippen LogP contribution is 2.42. The molecule has 0 aliphatic heterocycles. The zero-order chi connectivity index (χ0) is 22.5. The summed E-state index contributed by atoms with van der Waals surface area (Å²) < 4.78 is 30.8.